The van der Waals surface area contributed by atoms with E-state index >= 15 is 0 Å². The lowest BCUT2D eigenvalue weighted by Gasteiger charge is -2.33. The van der Waals surface area contributed by atoms with Crippen molar-refractivity contribution in [1.29, 1.82) is 0 Å². The van der Waals surface area contributed by atoms with Gasteiger partial charge in [-0.25, -0.2) is 9.78 Å². The average Bonchev–Trinajstić information content (AvgIpc) is 2.52. The standard InChI is InChI=1S/C17H27N3O3/c1-17(2,3)23-16(22)19-11-13-6-9-20(10-7-13)15-14(12-21)5-4-8-18-15/h4-5,8,13,21H,6-7,9-12H2,1-3H3,(H,19,22). The number of alkyl carbamates (subject to hydrolysis) is 1. The van der Waals surface area contributed by atoms with Crippen molar-refractivity contribution in [1.82, 2.24) is 10.3 Å². The van der Waals surface area contributed by atoms with Crippen LogP contribution in [-0.4, -0.2) is 41.4 Å². The van der Waals surface area contributed by atoms with Crippen LogP contribution in [0, 0.1) is 5.92 Å². The minimum Gasteiger partial charge on any atom is -0.444 e. The fourth-order valence-electron chi connectivity index (χ4n) is 2.73. The van der Waals surface area contributed by atoms with Crippen LogP contribution in [0.15, 0.2) is 18.3 Å². The number of nitrogens with zero attached hydrogens (tertiary/aromatic N) is 2. The van der Waals surface area contributed by atoms with E-state index in [4.69, 9.17) is 4.74 Å². The number of piperidine rings is 1. The minimum atomic E-state index is -0.465. The fourth-order valence-corrected chi connectivity index (χ4v) is 2.73. The Morgan fingerprint density at radius 3 is 2.74 bits per heavy atom. The number of nitrogens with one attached hydrogen (secondary N) is 1. The Labute approximate surface area is 137 Å². The van der Waals surface area contributed by atoms with E-state index in [9.17, 15) is 9.90 Å². The van der Waals surface area contributed by atoms with Gasteiger partial charge in [0.05, 0.1) is 6.61 Å². The Morgan fingerprint density at radius 2 is 2.13 bits per heavy atom. The molecule has 1 aliphatic heterocycles. The zero-order chi connectivity index (χ0) is 16.9. The Morgan fingerprint density at radius 1 is 1.43 bits per heavy atom. The molecule has 128 valence electrons. The summed E-state index contributed by atoms with van der Waals surface area (Å²) in [6, 6.07) is 3.74. The maximum atomic E-state index is 11.7. The Kier molecular flexibility index (Phi) is 5.82. The van der Waals surface area contributed by atoms with Gasteiger partial charge < -0.3 is 20.1 Å². The van der Waals surface area contributed by atoms with Crippen molar-refractivity contribution < 1.29 is 14.6 Å². The van der Waals surface area contributed by atoms with Crippen LogP contribution >= 0.6 is 0 Å². The van der Waals surface area contributed by atoms with E-state index in [1.807, 2.05) is 32.9 Å². The molecule has 0 aliphatic carbocycles. The van der Waals surface area contributed by atoms with Gasteiger partial charge >= 0.3 is 6.09 Å². The van der Waals surface area contributed by atoms with Crippen LogP contribution in [0.2, 0.25) is 0 Å². The van der Waals surface area contributed by atoms with E-state index in [0.717, 1.165) is 37.3 Å². The monoisotopic (exact) mass is 321 g/mol. The largest absolute Gasteiger partial charge is 0.444 e. The van der Waals surface area contributed by atoms with Crippen molar-refractivity contribution in [2.75, 3.05) is 24.5 Å². The number of aromatic nitrogens is 1. The number of aliphatic hydroxyl groups excluding tert-OH is 1. The molecular formula is C17H27N3O3. The molecule has 2 N–H and O–H groups in total. The Hall–Kier alpha value is -1.82. The van der Waals surface area contributed by atoms with Gasteiger partial charge in [-0.15, -0.1) is 0 Å². The fraction of sp³-hybridized carbons (Fsp3) is 0.647. The van der Waals surface area contributed by atoms with Crippen molar-refractivity contribution in [2.45, 2.75) is 45.8 Å². The molecule has 1 amide bonds. The molecule has 0 atom stereocenters. The topological polar surface area (TPSA) is 74.7 Å². The molecule has 0 radical (unpaired) electrons. The summed E-state index contributed by atoms with van der Waals surface area (Å²) in [5.41, 5.74) is 0.394. The summed E-state index contributed by atoms with van der Waals surface area (Å²) >= 11 is 0. The normalized spacial score (nSPS) is 16.3. The Balaban J connectivity index is 1.79. The van der Waals surface area contributed by atoms with Gasteiger partial charge in [0.25, 0.3) is 0 Å². The smallest absolute Gasteiger partial charge is 0.407 e. The molecule has 6 heteroatoms. The number of anilines is 1. The third kappa shape index (κ3) is 5.39. The van der Waals surface area contributed by atoms with Gasteiger partial charge in [0.1, 0.15) is 11.4 Å². The highest BCUT2D eigenvalue weighted by Crippen LogP contribution is 2.24. The maximum absolute atomic E-state index is 11.7. The highest BCUT2D eigenvalue weighted by molar-refractivity contribution is 5.67. The molecule has 1 saturated heterocycles. The van der Waals surface area contributed by atoms with E-state index in [1.54, 1.807) is 6.20 Å². The van der Waals surface area contributed by atoms with Gasteiger partial charge in [-0.2, -0.15) is 0 Å². The van der Waals surface area contributed by atoms with Gasteiger partial charge in [-0.3, -0.25) is 0 Å². The maximum Gasteiger partial charge on any atom is 0.407 e. The molecule has 1 fully saturated rings. The summed E-state index contributed by atoms with van der Waals surface area (Å²) in [4.78, 5) is 18.3. The van der Waals surface area contributed by atoms with Crippen LogP contribution in [0.3, 0.4) is 0 Å². The lowest BCUT2D eigenvalue weighted by Crippen LogP contribution is -2.40. The molecule has 0 unspecified atom stereocenters. The van der Waals surface area contributed by atoms with Gasteiger partial charge in [0.2, 0.25) is 0 Å². The van der Waals surface area contributed by atoms with E-state index in [1.165, 1.54) is 0 Å². The minimum absolute atomic E-state index is 0.00328. The lowest BCUT2D eigenvalue weighted by atomic mass is 9.96. The number of rotatable bonds is 4. The summed E-state index contributed by atoms with van der Waals surface area (Å²) in [6.07, 6.45) is 3.37. The van der Waals surface area contributed by atoms with Crippen LogP contribution in [0.5, 0.6) is 0 Å². The molecule has 1 aliphatic rings. The predicted molar refractivity (Wildman–Crippen MR) is 89.3 cm³/mol. The van der Waals surface area contributed by atoms with Crippen molar-refractivity contribution in [2.24, 2.45) is 5.92 Å². The van der Waals surface area contributed by atoms with Gasteiger partial charge in [0.15, 0.2) is 0 Å². The zero-order valence-corrected chi connectivity index (χ0v) is 14.2. The molecule has 0 aromatic carbocycles. The lowest BCUT2D eigenvalue weighted by molar-refractivity contribution is 0.0517. The molecular weight excluding hydrogens is 294 g/mol. The van der Waals surface area contributed by atoms with Crippen molar-refractivity contribution >= 4 is 11.9 Å². The number of hydrogen-bond acceptors (Lipinski definition) is 5. The summed E-state index contributed by atoms with van der Waals surface area (Å²) in [5.74, 6) is 1.31. The van der Waals surface area contributed by atoms with E-state index in [-0.39, 0.29) is 12.7 Å². The number of aliphatic hydroxyl groups is 1. The second kappa shape index (κ2) is 7.64. The molecule has 0 spiro atoms. The number of hydrogen-bond donors (Lipinski definition) is 2. The molecule has 1 aromatic rings. The number of amides is 1. The third-order valence-electron chi connectivity index (χ3n) is 3.89. The molecule has 0 saturated carbocycles. The molecule has 0 bridgehead atoms. The number of pyridine rings is 1. The Bertz CT molecular complexity index is 520. The molecule has 1 aromatic heterocycles. The number of ether oxygens (including phenoxy) is 1. The quantitative estimate of drug-likeness (QED) is 0.890. The predicted octanol–water partition coefficient (Wildman–Crippen LogP) is 2.32. The van der Waals surface area contributed by atoms with Crippen molar-refractivity contribution in [3.63, 3.8) is 0 Å². The van der Waals surface area contributed by atoms with Crippen LogP contribution in [0.1, 0.15) is 39.2 Å². The van der Waals surface area contributed by atoms with Gasteiger partial charge in [-0.05, 0) is 45.6 Å². The van der Waals surface area contributed by atoms with E-state index in [0.29, 0.717) is 12.5 Å². The summed E-state index contributed by atoms with van der Waals surface area (Å²) < 4.78 is 5.25. The molecule has 2 heterocycles. The first kappa shape index (κ1) is 17.5. The number of carbonyl (C=O) groups is 1. The second-order valence-electron chi connectivity index (χ2n) is 6.96. The van der Waals surface area contributed by atoms with E-state index < -0.39 is 5.60 Å². The van der Waals surface area contributed by atoms with Gasteiger partial charge in [0, 0.05) is 31.4 Å². The average molecular weight is 321 g/mol. The molecule has 23 heavy (non-hydrogen) atoms. The first-order valence-electron chi connectivity index (χ1n) is 8.15. The van der Waals surface area contributed by atoms with Crippen molar-refractivity contribution in [3.8, 4) is 0 Å². The van der Waals surface area contributed by atoms with Crippen molar-refractivity contribution in [3.05, 3.63) is 23.9 Å². The summed E-state index contributed by atoms with van der Waals surface area (Å²) in [5, 5.41) is 12.3. The first-order valence-corrected chi connectivity index (χ1v) is 8.15. The van der Waals surface area contributed by atoms with Crippen LogP contribution in [0.4, 0.5) is 10.6 Å². The molecule has 6 nitrogen and oxygen atoms in total. The highest BCUT2D eigenvalue weighted by Gasteiger charge is 2.23. The summed E-state index contributed by atoms with van der Waals surface area (Å²) in [7, 11) is 0. The van der Waals surface area contributed by atoms with Crippen LogP contribution < -0.4 is 10.2 Å². The number of carbonyl (C=O) groups excluding carboxylic acids is 1. The SMILES string of the molecule is CC(C)(C)OC(=O)NCC1CCN(c2ncccc2CO)CC1. The third-order valence-corrected chi connectivity index (χ3v) is 3.89. The van der Waals surface area contributed by atoms with Crippen LogP contribution in [-0.2, 0) is 11.3 Å². The first-order chi connectivity index (χ1) is 10.9. The van der Waals surface area contributed by atoms with Crippen LogP contribution in [0.25, 0.3) is 0 Å². The molecule has 2 rings (SSSR count). The zero-order valence-electron chi connectivity index (χ0n) is 14.2. The van der Waals surface area contributed by atoms with Gasteiger partial charge in [-0.1, -0.05) is 6.07 Å². The van der Waals surface area contributed by atoms with E-state index in [2.05, 4.69) is 15.2 Å². The summed E-state index contributed by atoms with van der Waals surface area (Å²) in [6.45, 7) is 7.97. The second-order valence-corrected chi connectivity index (χ2v) is 6.96. The highest BCUT2D eigenvalue weighted by atomic mass is 16.6.